The summed E-state index contributed by atoms with van der Waals surface area (Å²) in [6.07, 6.45) is 0.293. The molecule has 0 bridgehead atoms. The molecule has 3 heterocycles. The van der Waals surface area contributed by atoms with Crippen molar-refractivity contribution in [3.05, 3.63) is 46.7 Å². The first-order chi connectivity index (χ1) is 14.1. The maximum atomic E-state index is 13.0. The van der Waals surface area contributed by atoms with Gasteiger partial charge in [0.2, 0.25) is 11.8 Å². The molecule has 29 heavy (non-hydrogen) atoms. The van der Waals surface area contributed by atoms with Gasteiger partial charge in [0, 0.05) is 56.3 Å². The fourth-order valence-electron chi connectivity index (χ4n) is 4.02. The number of carbonyl (C=O) groups is 2. The summed E-state index contributed by atoms with van der Waals surface area (Å²) in [5.41, 5.74) is 0.828. The van der Waals surface area contributed by atoms with E-state index >= 15 is 0 Å². The van der Waals surface area contributed by atoms with Crippen LogP contribution in [0.25, 0.3) is 0 Å². The highest BCUT2D eigenvalue weighted by Gasteiger charge is 2.37. The number of thiophene rings is 1. The number of carbonyl (C=O) groups excluding carboxylic acids is 2. The molecule has 0 aliphatic carbocycles. The molecular weight excluding hydrogens is 386 g/mol. The lowest BCUT2D eigenvalue weighted by atomic mass is 10.1. The Morgan fingerprint density at radius 2 is 1.90 bits per heavy atom. The van der Waals surface area contributed by atoms with Crippen LogP contribution in [0.2, 0.25) is 0 Å². The zero-order valence-corrected chi connectivity index (χ0v) is 17.6. The molecule has 7 heteroatoms. The number of hydrogen-bond donors (Lipinski definition) is 0. The average molecular weight is 414 g/mol. The van der Waals surface area contributed by atoms with Gasteiger partial charge >= 0.3 is 0 Å². The van der Waals surface area contributed by atoms with Crippen LogP contribution in [0.5, 0.6) is 5.75 Å². The van der Waals surface area contributed by atoms with E-state index in [1.54, 1.807) is 16.2 Å². The van der Waals surface area contributed by atoms with Crippen LogP contribution in [0.15, 0.2) is 41.8 Å². The quantitative estimate of drug-likeness (QED) is 0.731. The van der Waals surface area contributed by atoms with E-state index < -0.39 is 0 Å². The number of piperazine rings is 1. The van der Waals surface area contributed by atoms with E-state index in [1.165, 1.54) is 4.88 Å². The van der Waals surface area contributed by atoms with Gasteiger partial charge in [0.1, 0.15) is 5.75 Å². The summed E-state index contributed by atoms with van der Waals surface area (Å²) >= 11 is 1.77. The molecule has 2 aliphatic rings. The van der Waals surface area contributed by atoms with Crippen molar-refractivity contribution in [2.45, 2.75) is 19.9 Å². The first kappa shape index (κ1) is 19.9. The Hall–Kier alpha value is -2.38. The molecule has 2 saturated heterocycles. The lowest BCUT2D eigenvalue weighted by Gasteiger charge is -2.35. The predicted molar refractivity (Wildman–Crippen MR) is 114 cm³/mol. The van der Waals surface area contributed by atoms with Gasteiger partial charge in [-0.15, -0.1) is 11.3 Å². The third-order valence-corrected chi connectivity index (χ3v) is 6.44. The molecular formula is C22H27N3O3S. The standard InChI is InChI=1S/C22H27N3O3S/c1-2-28-19-7-5-18(6-8-19)25-15-17(14-21(25)26)22(27)24-11-9-23(10-12-24)16-20-4-3-13-29-20/h3-8,13,17H,2,9-12,14-16H2,1H3/t17-/m1/s1. The van der Waals surface area contributed by atoms with Crippen molar-refractivity contribution in [1.29, 1.82) is 0 Å². The molecule has 2 aromatic rings. The third-order valence-electron chi connectivity index (χ3n) is 5.58. The Kier molecular flexibility index (Phi) is 6.16. The third kappa shape index (κ3) is 4.62. The molecule has 2 aliphatic heterocycles. The average Bonchev–Trinajstić information content (AvgIpc) is 3.39. The summed E-state index contributed by atoms with van der Waals surface area (Å²) in [7, 11) is 0. The normalized spacial score (nSPS) is 20.3. The lowest BCUT2D eigenvalue weighted by Crippen LogP contribution is -2.50. The van der Waals surface area contributed by atoms with Crippen molar-refractivity contribution in [1.82, 2.24) is 9.80 Å². The molecule has 154 valence electrons. The molecule has 0 unspecified atom stereocenters. The molecule has 0 spiro atoms. The topological polar surface area (TPSA) is 53.1 Å². The van der Waals surface area contributed by atoms with Crippen molar-refractivity contribution in [3.8, 4) is 5.75 Å². The Labute approximate surface area is 175 Å². The van der Waals surface area contributed by atoms with E-state index in [1.807, 2.05) is 36.1 Å². The molecule has 4 rings (SSSR count). The highest BCUT2D eigenvalue weighted by Crippen LogP contribution is 2.28. The van der Waals surface area contributed by atoms with Crippen LogP contribution in [0.1, 0.15) is 18.2 Å². The summed E-state index contributed by atoms with van der Waals surface area (Å²) in [4.78, 5) is 32.9. The second-order valence-corrected chi connectivity index (χ2v) is 8.55. The number of nitrogens with zero attached hydrogens (tertiary/aromatic N) is 3. The van der Waals surface area contributed by atoms with E-state index in [4.69, 9.17) is 4.74 Å². The first-order valence-electron chi connectivity index (χ1n) is 10.2. The van der Waals surface area contributed by atoms with Crippen molar-refractivity contribution in [3.63, 3.8) is 0 Å². The van der Waals surface area contributed by atoms with Gasteiger partial charge in [-0.25, -0.2) is 0 Å². The zero-order chi connectivity index (χ0) is 20.2. The highest BCUT2D eigenvalue weighted by molar-refractivity contribution is 7.09. The van der Waals surface area contributed by atoms with Gasteiger partial charge in [-0.05, 0) is 42.6 Å². The maximum absolute atomic E-state index is 13.0. The SMILES string of the molecule is CCOc1ccc(N2C[C@H](C(=O)N3CCN(Cc4cccs4)CC3)CC2=O)cc1. The summed E-state index contributed by atoms with van der Waals surface area (Å²) in [5, 5.41) is 2.10. The second kappa shape index (κ2) is 8.97. The maximum Gasteiger partial charge on any atom is 0.228 e. The molecule has 1 aromatic carbocycles. The van der Waals surface area contributed by atoms with Gasteiger partial charge < -0.3 is 14.5 Å². The van der Waals surface area contributed by atoms with Gasteiger partial charge in [-0.3, -0.25) is 14.5 Å². The molecule has 6 nitrogen and oxygen atoms in total. The van der Waals surface area contributed by atoms with E-state index in [0.29, 0.717) is 19.6 Å². The van der Waals surface area contributed by atoms with E-state index in [9.17, 15) is 9.59 Å². The van der Waals surface area contributed by atoms with E-state index in [0.717, 1.165) is 44.2 Å². The van der Waals surface area contributed by atoms with Crippen molar-refractivity contribution >= 4 is 28.8 Å². The van der Waals surface area contributed by atoms with Crippen LogP contribution in [-0.4, -0.2) is 60.9 Å². The molecule has 0 saturated carbocycles. The van der Waals surface area contributed by atoms with Gasteiger partial charge in [0.15, 0.2) is 0 Å². The van der Waals surface area contributed by atoms with Gasteiger partial charge in [-0.1, -0.05) is 6.07 Å². The largest absolute Gasteiger partial charge is 0.494 e. The summed E-state index contributed by atoms with van der Waals surface area (Å²) < 4.78 is 5.46. The Bertz CT molecular complexity index is 829. The molecule has 1 aromatic heterocycles. The smallest absolute Gasteiger partial charge is 0.228 e. The number of ether oxygens (including phenoxy) is 1. The van der Waals surface area contributed by atoms with Crippen molar-refractivity contribution < 1.29 is 14.3 Å². The summed E-state index contributed by atoms with van der Waals surface area (Å²) in [6.45, 7) is 7.19. The van der Waals surface area contributed by atoms with E-state index in [-0.39, 0.29) is 17.7 Å². The lowest BCUT2D eigenvalue weighted by molar-refractivity contribution is -0.137. The predicted octanol–water partition coefficient (Wildman–Crippen LogP) is 2.84. The van der Waals surface area contributed by atoms with E-state index in [2.05, 4.69) is 22.4 Å². The monoisotopic (exact) mass is 413 g/mol. The summed E-state index contributed by atoms with van der Waals surface area (Å²) in [6, 6.07) is 11.7. The number of rotatable bonds is 6. The van der Waals surface area contributed by atoms with Crippen LogP contribution in [0.3, 0.4) is 0 Å². The number of benzene rings is 1. The fraction of sp³-hybridized carbons (Fsp3) is 0.455. The minimum Gasteiger partial charge on any atom is -0.494 e. The Morgan fingerprint density at radius 1 is 1.14 bits per heavy atom. The summed E-state index contributed by atoms with van der Waals surface area (Å²) in [5.74, 6) is 0.667. The fourth-order valence-corrected chi connectivity index (χ4v) is 4.77. The Morgan fingerprint density at radius 3 is 2.55 bits per heavy atom. The van der Waals surface area contributed by atoms with Gasteiger partial charge in [0.25, 0.3) is 0 Å². The Balaban J connectivity index is 1.31. The van der Waals surface area contributed by atoms with Gasteiger partial charge in [0.05, 0.1) is 12.5 Å². The zero-order valence-electron chi connectivity index (χ0n) is 16.8. The minimum absolute atomic E-state index is 0.0174. The minimum atomic E-state index is -0.252. The van der Waals surface area contributed by atoms with Crippen LogP contribution >= 0.6 is 11.3 Å². The van der Waals surface area contributed by atoms with Gasteiger partial charge in [-0.2, -0.15) is 0 Å². The molecule has 2 fully saturated rings. The van der Waals surface area contributed by atoms with Crippen LogP contribution in [0, 0.1) is 5.92 Å². The van der Waals surface area contributed by atoms with Crippen molar-refractivity contribution in [2.75, 3.05) is 44.2 Å². The molecule has 0 N–H and O–H groups in total. The molecule has 2 amide bonds. The second-order valence-electron chi connectivity index (χ2n) is 7.51. The first-order valence-corrected chi connectivity index (χ1v) is 11.1. The number of anilines is 1. The molecule has 1 atom stereocenters. The van der Waals surface area contributed by atoms with Crippen LogP contribution in [-0.2, 0) is 16.1 Å². The van der Waals surface area contributed by atoms with Crippen LogP contribution < -0.4 is 9.64 Å². The van der Waals surface area contributed by atoms with Crippen LogP contribution in [0.4, 0.5) is 5.69 Å². The van der Waals surface area contributed by atoms with Crippen molar-refractivity contribution in [2.24, 2.45) is 5.92 Å². The highest BCUT2D eigenvalue weighted by atomic mass is 32.1. The number of hydrogen-bond acceptors (Lipinski definition) is 5. The number of amides is 2. The molecule has 0 radical (unpaired) electrons.